The third-order valence-electron chi connectivity index (χ3n) is 15.3. The smallest absolute Gasteiger partial charge is 0.268 e. The number of likely N-dealkylation sites (N-methyl/N-ethyl adjacent to an activating group) is 1. The van der Waals surface area contributed by atoms with Crippen LogP contribution in [-0.2, 0) is 18.4 Å². The molecule has 0 aromatic heterocycles. The number of aliphatic hydroxyl groups excluding tert-OH is 1. The number of nitrogens with zero attached hydrogens (tertiary/aromatic N) is 1. The molecule has 0 spiro atoms. The fourth-order valence-corrected chi connectivity index (χ4v) is 10.7. The monoisotopic (exact) mass is 1160 g/mol. The standard InChI is InChI=1S/C73H133N2O6P/c1-6-8-10-12-14-16-18-20-22-24-26-27-28-29-30-31-32-33-34-35-36-37-38-39-40-41-42-43-44-45-46-47-49-51-53-55-57-59-61-63-65-67-73(77)74-71(70-81-82(78,79)80-69-68-75(3,4)5)72(76)66-64-62-60-58-56-54-52-50-48-25-23-21-19-17-15-13-11-9-7-2/h8,10,14,16,20,22,26-27,29-30,32-33,35-36,64,66,71-72,76H,6-7,9,11-13,15,17-19,21,23-25,28,31,34,37-63,65,67-70H2,1-5H3,(H-,74,77,78,79)/b10-8-,16-14-,22-20-,27-26-,30-29-,33-32-,36-35-,66-64+. The molecule has 0 heterocycles. The number of aliphatic hydroxyl groups is 1. The van der Waals surface area contributed by atoms with Crippen LogP contribution in [0.4, 0.5) is 0 Å². The molecule has 0 bridgehead atoms. The molecule has 0 aromatic rings. The summed E-state index contributed by atoms with van der Waals surface area (Å²) >= 11 is 0. The fourth-order valence-electron chi connectivity index (χ4n) is 9.96. The number of hydrogen-bond acceptors (Lipinski definition) is 6. The number of quaternary nitrogens is 1. The van der Waals surface area contributed by atoms with E-state index in [9.17, 15) is 19.4 Å². The van der Waals surface area contributed by atoms with E-state index < -0.39 is 20.0 Å². The average molecular weight is 1170 g/mol. The maximum absolute atomic E-state index is 13.0. The second-order valence-electron chi connectivity index (χ2n) is 24.5. The Morgan fingerprint density at radius 3 is 1.09 bits per heavy atom. The van der Waals surface area contributed by atoms with Gasteiger partial charge < -0.3 is 28.8 Å². The van der Waals surface area contributed by atoms with E-state index in [2.05, 4.69) is 104 Å². The molecule has 0 fully saturated rings. The Kier molecular flexibility index (Phi) is 61.0. The molecule has 0 aliphatic heterocycles. The quantitative estimate of drug-likeness (QED) is 0.0272. The van der Waals surface area contributed by atoms with Crippen LogP contribution in [0.3, 0.4) is 0 Å². The van der Waals surface area contributed by atoms with Crippen LogP contribution in [0.5, 0.6) is 0 Å². The Labute approximate surface area is 509 Å². The second kappa shape index (κ2) is 62.9. The number of rotatable bonds is 63. The lowest BCUT2D eigenvalue weighted by Crippen LogP contribution is -2.45. The molecule has 1 amide bonds. The number of phosphoric ester groups is 1. The number of hydrogen-bond donors (Lipinski definition) is 2. The number of carbonyl (C=O) groups is 1. The van der Waals surface area contributed by atoms with Crippen LogP contribution in [-0.4, -0.2) is 68.5 Å². The van der Waals surface area contributed by atoms with Gasteiger partial charge in [0.2, 0.25) is 5.91 Å². The summed E-state index contributed by atoms with van der Waals surface area (Å²) < 4.78 is 23.4. The van der Waals surface area contributed by atoms with E-state index in [1.54, 1.807) is 6.08 Å². The zero-order valence-corrected chi connectivity index (χ0v) is 55.3. The van der Waals surface area contributed by atoms with Gasteiger partial charge in [-0.25, -0.2) is 0 Å². The van der Waals surface area contributed by atoms with Crippen molar-refractivity contribution in [1.82, 2.24) is 5.32 Å². The number of allylic oxidation sites excluding steroid dienone is 15. The van der Waals surface area contributed by atoms with E-state index >= 15 is 0 Å². The average Bonchev–Trinajstić information content (AvgIpc) is 3.47. The van der Waals surface area contributed by atoms with E-state index in [4.69, 9.17) is 9.05 Å². The molecule has 0 rings (SSSR count). The highest BCUT2D eigenvalue weighted by atomic mass is 31.2. The second-order valence-corrected chi connectivity index (χ2v) is 25.9. The van der Waals surface area contributed by atoms with Crippen molar-refractivity contribution in [3.63, 3.8) is 0 Å². The number of phosphoric acid groups is 1. The van der Waals surface area contributed by atoms with Crippen molar-refractivity contribution in [3.8, 4) is 0 Å². The van der Waals surface area contributed by atoms with Gasteiger partial charge in [-0.3, -0.25) is 9.36 Å². The topological polar surface area (TPSA) is 108 Å². The summed E-state index contributed by atoms with van der Waals surface area (Å²) in [6, 6.07) is -0.890. The largest absolute Gasteiger partial charge is 0.756 e. The molecule has 0 saturated heterocycles. The lowest BCUT2D eigenvalue weighted by molar-refractivity contribution is -0.870. The summed E-state index contributed by atoms with van der Waals surface area (Å²) in [4.78, 5) is 25.6. The normalized spacial score (nSPS) is 14.3. The Balaban J connectivity index is 3.98. The van der Waals surface area contributed by atoms with Crippen LogP contribution < -0.4 is 10.2 Å². The number of unbranched alkanes of at least 4 members (excludes halogenated alkanes) is 36. The molecular weight excluding hydrogens is 1030 g/mol. The first-order chi connectivity index (χ1) is 40.0. The fraction of sp³-hybridized carbons (Fsp3) is 0.767. The molecule has 2 N–H and O–H groups in total. The van der Waals surface area contributed by atoms with Gasteiger partial charge in [-0.1, -0.05) is 323 Å². The first-order valence-electron chi connectivity index (χ1n) is 34.6. The zero-order valence-electron chi connectivity index (χ0n) is 54.4. The van der Waals surface area contributed by atoms with Crippen molar-refractivity contribution in [1.29, 1.82) is 0 Å². The van der Waals surface area contributed by atoms with Crippen molar-refractivity contribution in [3.05, 3.63) is 97.2 Å². The minimum Gasteiger partial charge on any atom is -0.756 e. The number of nitrogens with one attached hydrogen (secondary N) is 1. The predicted octanol–water partition coefficient (Wildman–Crippen LogP) is 21.5. The number of amides is 1. The van der Waals surface area contributed by atoms with Crippen molar-refractivity contribution in [2.24, 2.45) is 0 Å². The Bertz CT molecular complexity index is 1660. The van der Waals surface area contributed by atoms with Crippen molar-refractivity contribution in [2.45, 2.75) is 321 Å². The molecule has 0 saturated carbocycles. The summed E-state index contributed by atoms with van der Waals surface area (Å²) in [5, 5.41) is 13.9. The molecule has 9 heteroatoms. The van der Waals surface area contributed by atoms with E-state index in [1.165, 1.54) is 205 Å². The van der Waals surface area contributed by atoms with Gasteiger partial charge in [0.15, 0.2) is 0 Å². The van der Waals surface area contributed by atoms with Crippen LogP contribution in [0, 0.1) is 0 Å². The Morgan fingerprint density at radius 2 is 0.744 bits per heavy atom. The van der Waals surface area contributed by atoms with Gasteiger partial charge in [-0.2, -0.15) is 0 Å². The van der Waals surface area contributed by atoms with Crippen LogP contribution in [0.2, 0.25) is 0 Å². The molecule has 82 heavy (non-hydrogen) atoms. The van der Waals surface area contributed by atoms with Gasteiger partial charge in [0.25, 0.3) is 7.82 Å². The summed E-state index contributed by atoms with van der Waals surface area (Å²) in [5.41, 5.74) is 0. The molecule has 3 unspecified atom stereocenters. The van der Waals surface area contributed by atoms with Crippen LogP contribution >= 0.6 is 7.82 Å². The first kappa shape index (κ1) is 79.4. The van der Waals surface area contributed by atoms with Crippen LogP contribution in [0.15, 0.2) is 97.2 Å². The van der Waals surface area contributed by atoms with Crippen LogP contribution in [0.1, 0.15) is 309 Å². The minimum absolute atomic E-state index is 0.00192. The van der Waals surface area contributed by atoms with E-state index in [-0.39, 0.29) is 19.1 Å². The van der Waals surface area contributed by atoms with Crippen molar-refractivity contribution < 1.29 is 32.9 Å². The number of carbonyl (C=O) groups excluding carboxylic acids is 1. The summed E-state index contributed by atoms with van der Waals surface area (Å²) in [6.07, 6.45) is 90.9. The zero-order chi connectivity index (χ0) is 59.8. The third-order valence-corrected chi connectivity index (χ3v) is 16.3. The molecule has 0 radical (unpaired) electrons. The molecule has 8 nitrogen and oxygen atoms in total. The Hall–Kier alpha value is -2.58. The van der Waals surface area contributed by atoms with Crippen LogP contribution in [0.25, 0.3) is 0 Å². The third kappa shape index (κ3) is 65.0. The van der Waals surface area contributed by atoms with E-state index in [1.807, 2.05) is 27.2 Å². The van der Waals surface area contributed by atoms with Gasteiger partial charge in [0.1, 0.15) is 13.2 Å². The van der Waals surface area contributed by atoms with Gasteiger partial charge in [0.05, 0.1) is 39.9 Å². The molecule has 3 atom stereocenters. The van der Waals surface area contributed by atoms with Gasteiger partial charge in [-0.05, 0) is 77.0 Å². The maximum atomic E-state index is 13.0. The first-order valence-corrected chi connectivity index (χ1v) is 36.1. The summed E-state index contributed by atoms with van der Waals surface area (Å²) in [7, 11) is 1.27. The van der Waals surface area contributed by atoms with Gasteiger partial charge in [0, 0.05) is 6.42 Å². The molecular formula is C73H133N2O6P. The molecule has 0 aliphatic carbocycles. The van der Waals surface area contributed by atoms with Gasteiger partial charge >= 0.3 is 0 Å². The predicted molar refractivity (Wildman–Crippen MR) is 357 cm³/mol. The maximum Gasteiger partial charge on any atom is 0.268 e. The van der Waals surface area contributed by atoms with E-state index in [0.717, 1.165) is 83.5 Å². The highest BCUT2D eigenvalue weighted by molar-refractivity contribution is 7.45. The van der Waals surface area contributed by atoms with Crippen molar-refractivity contribution in [2.75, 3.05) is 40.9 Å². The summed E-state index contributed by atoms with van der Waals surface area (Å²) in [6.45, 7) is 4.56. The van der Waals surface area contributed by atoms with Crippen molar-refractivity contribution >= 4 is 13.7 Å². The summed E-state index contributed by atoms with van der Waals surface area (Å²) in [5.74, 6) is -0.195. The molecule has 0 aliphatic rings. The highest BCUT2D eigenvalue weighted by Crippen LogP contribution is 2.38. The minimum atomic E-state index is -4.60. The van der Waals surface area contributed by atoms with E-state index in [0.29, 0.717) is 17.4 Å². The SMILES string of the molecule is CC/C=C\C/C=C\C/C=C\C/C=C\C/C=C\C/C=C\C/C=C\CCCCCCCCCCCCCCCCCCCCCC(=O)NC(COP(=O)([O-])OCC[N+](C)(C)C)C(O)/C=C/CCCCCCCCCCCCCCCCCCC. The molecule has 476 valence electrons. The highest BCUT2D eigenvalue weighted by Gasteiger charge is 2.23. The lowest BCUT2D eigenvalue weighted by atomic mass is 10.0. The van der Waals surface area contributed by atoms with Gasteiger partial charge in [-0.15, -0.1) is 0 Å². The lowest BCUT2D eigenvalue weighted by Gasteiger charge is -2.29. The Morgan fingerprint density at radius 1 is 0.439 bits per heavy atom. The molecule has 0 aromatic carbocycles.